The van der Waals surface area contributed by atoms with Crippen molar-refractivity contribution in [3.63, 3.8) is 0 Å². The highest BCUT2D eigenvalue weighted by Crippen LogP contribution is 2.34. The molecular weight excluding hydrogens is 142 g/mol. The van der Waals surface area contributed by atoms with E-state index in [1.54, 1.807) is 0 Å². The number of thiol groups is 1. The zero-order valence-electron chi connectivity index (χ0n) is 6.29. The molecular formula is C8H15NS. The van der Waals surface area contributed by atoms with Gasteiger partial charge >= 0.3 is 0 Å². The third-order valence-electron chi connectivity index (χ3n) is 2.83. The van der Waals surface area contributed by atoms with Gasteiger partial charge in [-0.15, -0.1) is 0 Å². The molecule has 2 rings (SSSR count). The van der Waals surface area contributed by atoms with Crippen LogP contribution in [0.15, 0.2) is 0 Å². The lowest BCUT2D eigenvalue weighted by Crippen LogP contribution is -2.37. The van der Waals surface area contributed by atoms with Crippen LogP contribution in [-0.2, 0) is 0 Å². The fraction of sp³-hybridized carbons (Fsp3) is 1.00. The van der Waals surface area contributed by atoms with Crippen LogP contribution in [0.3, 0.4) is 0 Å². The molecule has 2 bridgehead atoms. The Kier molecular flexibility index (Phi) is 1.92. The minimum absolute atomic E-state index is 0.977. The number of fused-ring (bicyclic) bond motifs is 2. The standard InChI is InChI=1S/C8H15NS/c10-9-5-7-2-1-3-8(4-7)6-9/h7-8,10H,1-6H2. The normalized spacial score (nSPS) is 41.7. The number of hydrogen-bond acceptors (Lipinski definition) is 2. The summed E-state index contributed by atoms with van der Waals surface area (Å²) >= 11 is 4.40. The molecule has 0 radical (unpaired) electrons. The van der Waals surface area contributed by atoms with Gasteiger partial charge in [0.05, 0.1) is 0 Å². The number of piperidine rings is 1. The summed E-state index contributed by atoms with van der Waals surface area (Å²) in [6.07, 6.45) is 5.86. The molecule has 2 heteroatoms. The Labute approximate surface area is 68.3 Å². The predicted octanol–water partition coefficient (Wildman–Crippen LogP) is 1.95. The minimum atomic E-state index is 0.977. The van der Waals surface area contributed by atoms with Gasteiger partial charge in [-0.3, -0.25) is 4.31 Å². The summed E-state index contributed by atoms with van der Waals surface area (Å²) in [6, 6.07) is 0. The molecule has 58 valence electrons. The molecule has 1 heterocycles. The van der Waals surface area contributed by atoms with Gasteiger partial charge in [0.2, 0.25) is 0 Å². The van der Waals surface area contributed by atoms with Gasteiger partial charge in [0.15, 0.2) is 0 Å². The first kappa shape index (κ1) is 6.99. The van der Waals surface area contributed by atoms with Crippen LogP contribution < -0.4 is 0 Å². The molecule has 1 nitrogen and oxygen atoms in total. The molecule has 0 N–H and O–H groups in total. The summed E-state index contributed by atoms with van der Waals surface area (Å²) < 4.78 is 2.21. The quantitative estimate of drug-likeness (QED) is 0.526. The molecule has 2 unspecified atom stereocenters. The molecule has 1 saturated heterocycles. The van der Waals surface area contributed by atoms with Gasteiger partial charge in [0.25, 0.3) is 0 Å². The highest BCUT2D eigenvalue weighted by atomic mass is 32.1. The Bertz CT molecular complexity index is 110. The zero-order valence-corrected chi connectivity index (χ0v) is 7.19. The van der Waals surface area contributed by atoms with Crippen LogP contribution in [-0.4, -0.2) is 17.4 Å². The average molecular weight is 157 g/mol. The van der Waals surface area contributed by atoms with E-state index in [-0.39, 0.29) is 0 Å². The van der Waals surface area contributed by atoms with E-state index < -0.39 is 0 Å². The van der Waals surface area contributed by atoms with Crippen molar-refractivity contribution < 1.29 is 0 Å². The van der Waals surface area contributed by atoms with Crippen molar-refractivity contribution in [2.45, 2.75) is 25.7 Å². The van der Waals surface area contributed by atoms with Gasteiger partial charge in [0.1, 0.15) is 0 Å². The maximum Gasteiger partial charge on any atom is 0.0116 e. The van der Waals surface area contributed by atoms with Gasteiger partial charge in [-0.2, -0.15) is 0 Å². The topological polar surface area (TPSA) is 3.24 Å². The third kappa shape index (κ3) is 1.32. The zero-order chi connectivity index (χ0) is 6.97. The van der Waals surface area contributed by atoms with Crippen molar-refractivity contribution in [2.24, 2.45) is 11.8 Å². The van der Waals surface area contributed by atoms with E-state index in [0.717, 1.165) is 11.8 Å². The molecule has 1 aliphatic carbocycles. The summed E-state index contributed by atoms with van der Waals surface area (Å²) in [6.45, 7) is 2.47. The Morgan fingerprint density at radius 3 is 2.30 bits per heavy atom. The van der Waals surface area contributed by atoms with Crippen LogP contribution in [0.4, 0.5) is 0 Å². The van der Waals surface area contributed by atoms with Gasteiger partial charge in [-0.1, -0.05) is 19.2 Å². The number of nitrogens with zero attached hydrogens (tertiary/aromatic N) is 1. The van der Waals surface area contributed by atoms with Crippen molar-refractivity contribution in [1.29, 1.82) is 0 Å². The average Bonchev–Trinajstić information content (AvgIpc) is 1.85. The molecule has 0 aromatic rings. The smallest absolute Gasteiger partial charge is 0.0116 e. The van der Waals surface area contributed by atoms with Crippen LogP contribution in [0.5, 0.6) is 0 Å². The lowest BCUT2D eigenvalue weighted by molar-refractivity contribution is 0.154. The fourth-order valence-electron chi connectivity index (χ4n) is 2.40. The molecule has 1 saturated carbocycles. The van der Waals surface area contributed by atoms with Gasteiger partial charge < -0.3 is 0 Å². The molecule has 0 aromatic heterocycles. The fourth-order valence-corrected chi connectivity index (χ4v) is 2.87. The Hall–Kier alpha value is 0.310. The Morgan fingerprint density at radius 2 is 1.70 bits per heavy atom. The monoisotopic (exact) mass is 157 g/mol. The SMILES string of the molecule is SN1CC2CCCC(C2)C1. The third-order valence-corrected chi connectivity index (χ3v) is 3.16. The van der Waals surface area contributed by atoms with E-state index in [1.807, 2.05) is 0 Å². The predicted molar refractivity (Wildman–Crippen MR) is 46.0 cm³/mol. The highest BCUT2D eigenvalue weighted by Gasteiger charge is 2.28. The summed E-state index contributed by atoms with van der Waals surface area (Å²) in [7, 11) is 0. The summed E-state index contributed by atoms with van der Waals surface area (Å²) in [5.74, 6) is 1.95. The molecule has 0 amide bonds. The first-order valence-electron chi connectivity index (χ1n) is 4.28. The van der Waals surface area contributed by atoms with E-state index in [2.05, 4.69) is 17.1 Å². The molecule has 2 aliphatic rings. The molecule has 2 atom stereocenters. The van der Waals surface area contributed by atoms with E-state index in [1.165, 1.54) is 38.8 Å². The van der Waals surface area contributed by atoms with Crippen LogP contribution in [0.25, 0.3) is 0 Å². The van der Waals surface area contributed by atoms with Gasteiger partial charge in [-0.05, 0) is 31.1 Å². The van der Waals surface area contributed by atoms with Crippen LogP contribution in [0.1, 0.15) is 25.7 Å². The molecule has 0 aromatic carbocycles. The van der Waals surface area contributed by atoms with Crippen LogP contribution in [0, 0.1) is 11.8 Å². The van der Waals surface area contributed by atoms with Crippen molar-refractivity contribution >= 4 is 12.8 Å². The number of hydrogen-bond donors (Lipinski definition) is 1. The van der Waals surface area contributed by atoms with Crippen LogP contribution in [0.2, 0.25) is 0 Å². The maximum atomic E-state index is 4.40. The van der Waals surface area contributed by atoms with Crippen molar-refractivity contribution in [3.05, 3.63) is 0 Å². The summed E-state index contributed by atoms with van der Waals surface area (Å²) in [5.41, 5.74) is 0. The summed E-state index contributed by atoms with van der Waals surface area (Å²) in [4.78, 5) is 0. The largest absolute Gasteiger partial charge is 0.253 e. The highest BCUT2D eigenvalue weighted by molar-refractivity contribution is 7.77. The molecule has 2 fully saturated rings. The Balaban J connectivity index is 1.98. The second-order valence-corrected chi connectivity index (χ2v) is 4.34. The molecule has 0 spiro atoms. The molecule has 10 heavy (non-hydrogen) atoms. The van der Waals surface area contributed by atoms with E-state index in [0.29, 0.717) is 0 Å². The van der Waals surface area contributed by atoms with Gasteiger partial charge in [0, 0.05) is 13.1 Å². The summed E-state index contributed by atoms with van der Waals surface area (Å²) in [5, 5.41) is 0. The second-order valence-electron chi connectivity index (χ2n) is 3.77. The lowest BCUT2D eigenvalue weighted by Gasteiger charge is -2.38. The molecule has 1 aliphatic heterocycles. The van der Waals surface area contributed by atoms with Crippen LogP contribution >= 0.6 is 12.8 Å². The van der Waals surface area contributed by atoms with Crippen molar-refractivity contribution in [2.75, 3.05) is 13.1 Å². The second kappa shape index (κ2) is 2.74. The maximum absolute atomic E-state index is 4.40. The van der Waals surface area contributed by atoms with E-state index in [9.17, 15) is 0 Å². The van der Waals surface area contributed by atoms with Crippen molar-refractivity contribution in [3.8, 4) is 0 Å². The number of rotatable bonds is 0. The van der Waals surface area contributed by atoms with E-state index in [4.69, 9.17) is 0 Å². The first-order chi connectivity index (χ1) is 4.84. The van der Waals surface area contributed by atoms with Crippen molar-refractivity contribution in [1.82, 2.24) is 4.31 Å². The first-order valence-corrected chi connectivity index (χ1v) is 4.68. The minimum Gasteiger partial charge on any atom is -0.253 e. The van der Waals surface area contributed by atoms with Gasteiger partial charge in [-0.25, -0.2) is 0 Å². The van der Waals surface area contributed by atoms with E-state index >= 15 is 0 Å². The Morgan fingerprint density at radius 1 is 1.10 bits per heavy atom. The lowest BCUT2D eigenvalue weighted by atomic mass is 9.79.